The normalized spacial score (nSPS) is 12.1. The molecule has 33 heavy (non-hydrogen) atoms. The Morgan fingerprint density at radius 1 is 1.03 bits per heavy atom. The molecule has 0 bridgehead atoms. The molecule has 0 saturated heterocycles. The number of fused-ring (bicyclic) bond motifs is 1. The maximum Gasteiger partial charge on any atom is 0.134 e. The Bertz CT molecular complexity index is 1350. The number of halogens is 1. The first-order valence-corrected chi connectivity index (χ1v) is 10.7. The largest absolute Gasteiger partial charge is 0.365 e. The van der Waals surface area contributed by atoms with Crippen molar-refractivity contribution >= 4 is 22.2 Å². The van der Waals surface area contributed by atoms with E-state index >= 15 is 0 Å². The minimum absolute atomic E-state index is 0.362. The number of nitrogens with zero attached hydrogens (tertiary/aromatic N) is 3. The summed E-state index contributed by atoms with van der Waals surface area (Å²) in [6.45, 7) is 7.94. The monoisotopic (exact) mass is 436 g/mol. The number of allylic oxidation sites excluding steroid dienone is 5. The molecule has 3 aromatic heterocycles. The molecule has 0 radical (unpaired) electrons. The van der Waals surface area contributed by atoms with Crippen molar-refractivity contribution in [2.45, 2.75) is 20.4 Å². The highest BCUT2D eigenvalue weighted by molar-refractivity contribution is 5.94. The molecule has 0 saturated carbocycles. The summed E-state index contributed by atoms with van der Waals surface area (Å²) in [6, 6.07) is 16.0. The smallest absolute Gasteiger partial charge is 0.134 e. The number of anilines is 1. The van der Waals surface area contributed by atoms with Crippen LogP contribution in [0.15, 0.2) is 97.8 Å². The average molecular weight is 437 g/mol. The van der Waals surface area contributed by atoms with E-state index in [1.807, 2.05) is 68.6 Å². The van der Waals surface area contributed by atoms with Crippen LogP contribution in [-0.4, -0.2) is 15.0 Å². The van der Waals surface area contributed by atoms with Gasteiger partial charge in [0.25, 0.3) is 0 Å². The van der Waals surface area contributed by atoms with Crippen LogP contribution in [0, 0.1) is 6.92 Å². The van der Waals surface area contributed by atoms with Crippen LogP contribution in [0.4, 0.5) is 10.2 Å². The first-order chi connectivity index (χ1) is 16.1. The second kappa shape index (κ2) is 10.0. The highest BCUT2D eigenvalue weighted by Crippen LogP contribution is 2.27. The number of pyridine rings is 3. The highest BCUT2D eigenvalue weighted by Gasteiger charge is 2.07. The molecule has 4 aromatic rings. The molecule has 0 aliphatic carbocycles. The van der Waals surface area contributed by atoms with Crippen LogP contribution in [-0.2, 0) is 6.54 Å². The van der Waals surface area contributed by atoms with E-state index in [0.29, 0.717) is 6.54 Å². The lowest BCUT2D eigenvalue weighted by Gasteiger charge is -2.11. The summed E-state index contributed by atoms with van der Waals surface area (Å²) in [6.07, 6.45) is 10.0. The van der Waals surface area contributed by atoms with Gasteiger partial charge in [-0.3, -0.25) is 9.97 Å². The van der Waals surface area contributed by atoms with Gasteiger partial charge in [-0.15, -0.1) is 0 Å². The first-order valence-electron chi connectivity index (χ1n) is 10.7. The predicted octanol–water partition coefficient (Wildman–Crippen LogP) is 7.06. The Balaban J connectivity index is 1.53. The Kier molecular flexibility index (Phi) is 6.69. The van der Waals surface area contributed by atoms with Crippen molar-refractivity contribution in [3.63, 3.8) is 0 Å². The van der Waals surface area contributed by atoms with Gasteiger partial charge < -0.3 is 5.32 Å². The summed E-state index contributed by atoms with van der Waals surface area (Å²) >= 11 is 0. The summed E-state index contributed by atoms with van der Waals surface area (Å²) in [5, 5.41) is 5.44. The number of hydrogen-bond donors (Lipinski definition) is 1. The molecule has 0 aliphatic rings. The molecule has 0 amide bonds. The van der Waals surface area contributed by atoms with Gasteiger partial charge in [-0.1, -0.05) is 30.9 Å². The molecule has 0 aliphatic heterocycles. The third-order valence-electron chi connectivity index (χ3n) is 5.37. The van der Waals surface area contributed by atoms with Gasteiger partial charge in [0.1, 0.15) is 11.6 Å². The SMILES string of the molecule is C=C/C(F)=C\C(=C/C)c1ccc2c(NCc3ccc(-c4ccnc(C)c4)nc3)nccc2c1. The third kappa shape index (κ3) is 5.21. The molecule has 0 fully saturated rings. The lowest BCUT2D eigenvalue weighted by molar-refractivity contribution is 0.668. The average Bonchev–Trinajstić information content (AvgIpc) is 2.85. The topological polar surface area (TPSA) is 50.7 Å². The Morgan fingerprint density at radius 2 is 1.88 bits per heavy atom. The predicted molar refractivity (Wildman–Crippen MR) is 134 cm³/mol. The molecular formula is C28H25FN4. The molecule has 1 N–H and O–H groups in total. The van der Waals surface area contributed by atoms with E-state index in [-0.39, 0.29) is 5.83 Å². The molecule has 5 heteroatoms. The first kappa shape index (κ1) is 22.1. The van der Waals surface area contributed by atoms with Gasteiger partial charge in [-0.2, -0.15) is 0 Å². The van der Waals surface area contributed by atoms with E-state index in [1.165, 1.54) is 12.2 Å². The molecule has 4 nitrogen and oxygen atoms in total. The van der Waals surface area contributed by atoms with Gasteiger partial charge in [0.2, 0.25) is 0 Å². The molecule has 4 rings (SSSR count). The van der Waals surface area contributed by atoms with Crippen LogP contribution in [0.3, 0.4) is 0 Å². The lowest BCUT2D eigenvalue weighted by atomic mass is 10.0. The third-order valence-corrected chi connectivity index (χ3v) is 5.37. The van der Waals surface area contributed by atoms with Gasteiger partial charge in [-0.25, -0.2) is 9.37 Å². The van der Waals surface area contributed by atoms with Crippen molar-refractivity contribution in [3.05, 3.63) is 115 Å². The van der Waals surface area contributed by atoms with Crippen LogP contribution in [0.25, 0.3) is 27.6 Å². The fraction of sp³-hybridized carbons (Fsp3) is 0.107. The second-order valence-electron chi connectivity index (χ2n) is 7.66. The van der Waals surface area contributed by atoms with Crippen LogP contribution >= 0.6 is 0 Å². The van der Waals surface area contributed by atoms with E-state index in [2.05, 4.69) is 32.9 Å². The number of benzene rings is 1. The van der Waals surface area contributed by atoms with Gasteiger partial charge in [-0.05, 0) is 78.4 Å². The van der Waals surface area contributed by atoms with E-state index in [9.17, 15) is 4.39 Å². The van der Waals surface area contributed by atoms with Crippen molar-refractivity contribution in [2.24, 2.45) is 0 Å². The Hall–Kier alpha value is -4.12. The Labute approximate surface area is 193 Å². The molecule has 0 atom stereocenters. The molecule has 3 heterocycles. The lowest BCUT2D eigenvalue weighted by Crippen LogP contribution is -2.02. The van der Waals surface area contributed by atoms with Gasteiger partial charge in [0.15, 0.2) is 0 Å². The number of nitrogens with one attached hydrogen (secondary N) is 1. The summed E-state index contributed by atoms with van der Waals surface area (Å²) in [5.41, 5.74) is 5.73. The minimum atomic E-state index is -0.362. The summed E-state index contributed by atoms with van der Waals surface area (Å²) in [5.74, 6) is 0.432. The van der Waals surface area contributed by atoms with Crippen molar-refractivity contribution in [2.75, 3.05) is 5.32 Å². The van der Waals surface area contributed by atoms with Crippen molar-refractivity contribution in [1.82, 2.24) is 15.0 Å². The van der Waals surface area contributed by atoms with Crippen LogP contribution in [0.2, 0.25) is 0 Å². The zero-order chi connectivity index (χ0) is 23.2. The number of aromatic nitrogens is 3. The fourth-order valence-electron chi connectivity index (χ4n) is 3.63. The van der Waals surface area contributed by atoms with E-state index in [4.69, 9.17) is 0 Å². The second-order valence-corrected chi connectivity index (χ2v) is 7.66. The molecule has 0 spiro atoms. The summed E-state index contributed by atoms with van der Waals surface area (Å²) < 4.78 is 13.7. The summed E-state index contributed by atoms with van der Waals surface area (Å²) in [4.78, 5) is 13.3. The zero-order valence-corrected chi connectivity index (χ0v) is 18.7. The Morgan fingerprint density at radius 3 is 2.61 bits per heavy atom. The maximum absolute atomic E-state index is 13.7. The van der Waals surface area contributed by atoms with E-state index < -0.39 is 0 Å². The van der Waals surface area contributed by atoms with Crippen LogP contribution in [0.1, 0.15) is 23.7 Å². The molecule has 0 unspecified atom stereocenters. The van der Waals surface area contributed by atoms with Gasteiger partial charge in [0.05, 0.1) is 5.69 Å². The maximum atomic E-state index is 13.7. The minimum Gasteiger partial charge on any atom is -0.365 e. The molecule has 164 valence electrons. The highest BCUT2D eigenvalue weighted by atomic mass is 19.1. The van der Waals surface area contributed by atoms with Crippen molar-refractivity contribution < 1.29 is 4.39 Å². The number of hydrogen-bond acceptors (Lipinski definition) is 4. The fourth-order valence-corrected chi connectivity index (χ4v) is 3.63. The number of rotatable bonds is 7. The van der Waals surface area contributed by atoms with E-state index in [0.717, 1.165) is 50.2 Å². The van der Waals surface area contributed by atoms with Crippen LogP contribution < -0.4 is 5.32 Å². The quantitative estimate of drug-likeness (QED) is 0.315. The van der Waals surface area contributed by atoms with Gasteiger partial charge >= 0.3 is 0 Å². The van der Waals surface area contributed by atoms with Crippen LogP contribution in [0.5, 0.6) is 0 Å². The summed E-state index contributed by atoms with van der Waals surface area (Å²) in [7, 11) is 0. The molecular weight excluding hydrogens is 411 g/mol. The van der Waals surface area contributed by atoms with Gasteiger partial charge in [0, 0.05) is 41.8 Å². The van der Waals surface area contributed by atoms with E-state index in [1.54, 1.807) is 12.4 Å². The zero-order valence-electron chi connectivity index (χ0n) is 18.7. The standard InChI is InChI=1S/C28H25FN4/c1-4-21(16-25(29)5-2)22-7-8-26-23(15-22)10-13-31-28(26)33-18-20-6-9-27(32-17-20)24-11-12-30-19(3)14-24/h4-17H,2,18H2,1,3H3,(H,31,33)/b21-4+,25-16+. The number of aryl methyl sites for hydroxylation is 1. The van der Waals surface area contributed by atoms with Crippen molar-refractivity contribution in [1.29, 1.82) is 0 Å². The molecule has 1 aromatic carbocycles. The van der Waals surface area contributed by atoms with Crippen molar-refractivity contribution in [3.8, 4) is 11.3 Å².